The maximum absolute atomic E-state index is 13.2. The SMILES string of the molecule is Cc1nonc1CC(=O)N1CCO[C@@H](c2cc(CCOc3cccc(F)c3)[nH]n2)C1. The van der Waals surface area contributed by atoms with Gasteiger partial charge in [0.15, 0.2) is 0 Å². The molecule has 3 aromatic rings. The molecule has 1 fully saturated rings. The van der Waals surface area contributed by atoms with Crippen molar-refractivity contribution in [2.75, 3.05) is 26.3 Å². The average molecular weight is 415 g/mol. The molecule has 0 radical (unpaired) electrons. The molecule has 30 heavy (non-hydrogen) atoms. The topological polar surface area (TPSA) is 106 Å². The van der Waals surface area contributed by atoms with Crippen molar-refractivity contribution in [3.8, 4) is 5.75 Å². The maximum Gasteiger partial charge on any atom is 0.228 e. The van der Waals surface area contributed by atoms with Crippen molar-refractivity contribution >= 4 is 5.91 Å². The maximum atomic E-state index is 13.2. The second kappa shape index (κ2) is 9.04. The first-order chi connectivity index (χ1) is 14.6. The Hall–Kier alpha value is -3.27. The predicted octanol–water partition coefficient (Wildman–Crippen LogP) is 2.00. The molecule has 1 saturated heterocycles. The molecule has 3 heterocycles. The van der Waals surface area contributed by atoms with Gasteiger partial charge in [-0.1, -0.05) is 16.4 Å². The molecule has 1 aliphatic heterocycles. The summed E-state index contributed by atoms with van der Waals surface area (Å²) < 4.78 is 29.2. The molecule has 0 spiro atoms. The fraction of sp³-hybridized carbons (Fsp3) is 0.400. The molecule has 10 heteroatoms. The minimum atomic E-state index is -0.333. The lowest BCUT2D eigenvalue weighted by Gasteiger charge is -2.32. The van der Waals surface area contributed by atoms with Gasteiger partial charge in [0.2, 0.25) is 5.91 Å². The van der Waals surface area contributed by atoms with Crippen LogP contribution < -0.4 is 4.74 Å². The number of halogens is 1. The molecule has 158 valence electrons. The van der Waals surface area contributed by atoms with Crippen molar-refractivity contribution in [3.63, 3.8) is 0 Å². The zero-order valence-electron chi connectivity index (χ0n) is 16.5. The fourth-order valence-corrected chi connectivity index (χ4v) is 3.23. The second-order valence-corrected chi connectivity index (χ2v) is 7.05. The van der Waals surface area contributed by atoms with Gasteiger partial charge in [-0.2, -0.15) is 5.10 Å². The van der Waals surface area contributed by atoms with E-state index in [4.69, 9.17) is 9.47 Å². The fourth-order valence-electron chi connectivity index (χ4n) is 3.23. The summed E-state index contributed by atoms with van der Waals surface area (Å²) in [4.78, 5) is 14.3. The number of H-pyrrole nitrogens is 1. The third-order valence-electron chi connectivity index (χ3n) is 4.90. The summed E-state index contributed by atoms with van der Waals surface area (Å²) in [5, 5.41) is 14.8. The van der Waals surface area contributed by atoms with Crippen molar-refractivity contribution < 1.29 is 23.3 Å². The number of hydrogen-bond acceptors (Lipinski definition) is 7. The molecule has 0 aliphatic carbocycles. The van der Waals surface area contributed by atoms with Crippen LogP contribution in [0, 0.1) is 12.7 Å². The molecule has 9 nitrogen and oxygen atoms in total. The molecule has 0 bridgehead atoms. The molecule has 4 rings (SSSR count). The zero-order valence-corrected chi connectivity index (χ0v) is 16.5. The number of carbonyl (C=O) groups excluding carboxylic acids is 1. The first-order valence-corrected chi connectivity index (χ1v) is 9.68. The van der Waals surface area contributed by atoms with Crippen LogP contribution in [0.3, 0.4) is 0 Å². The number of aromatic amines is 1. The normalized spacial score (nSPS) is 16.6. The molecular weight excluding hydrogens is 393 g/mol. The van der Waals surface area contributed by atoms with Crippen molar-refractivity contribution in [2.24, 2.45) is 0 Å². The molecule has 0 saturated carbocycles. The third-order valence-corrected chi connectivity index (χ3v) is 4.90. The number of hydrogen-bond donors (Lipinski definition) is 1. The summed E-state index contributed by atoms with van der Waals surface area (Å²) in [5.74, 6) is 0.0956. The van der Waals surface area contributed by atoms with Crippen molar-refractivity contribution in [2.45, 2.75) is 25.9 Å². The summed E-state index contributed by atoms with van der Waals surface area (Å²) in [5.41, 5.74) is 2.76. The van der Waals surface area contributed by atoms with Crippen LogP contribution >= 0.6 is 0 Å². The van der Waals surface area contributed by atoms with Gasteiger partial charge in [0.1, 0.15) is 29.1 Å². The Kier molecular flexibility index (Phi) is 6.03. The van der Waals surface area contributed by atoms with Crippen LogP contribution in [0.15, 0.2) is 35.0 Å². The Morgan fingerprint density at radius 1 is 1.37 bits per heavy atom. The first-order valence-electron chi connectivity index (χ1n) is 9.68. The monoisotopic (exact) mass is 415 g/mol. The van der Waals surface area contributed by atoms with E-state index in [0.717, 1.165) is 11.4 Å². The quantitative estimate of drug-likeness (QED) is 0.629. The molecule has 2 aromatic heterocycles. The first kappa shape index (κ1) is 20.0. The van der Waals surface area contributed by atoms with Gasteiger partial charge in [-0.25, -0.2) is 9.02 Å². The number of carbonyl (C=O) groups is 1. The lowest BCUT2D eigenvalue weighted by molar-refractivity contribution is -0.138. The van der Waals surface area contributed by atoms with E-state index >= 15 is 0 Å². The van der Waals surface area contributed by atoms with E-state index in [1.165, 1.54) is 12.1 Å². The Balaban J connectivity index is 1.30. The number of nitrogens with one attached hydrogen (secondary N) is 1. The highest BCUT2D eigenvalue weighted by Crippen LogP contribution is 2.22. The molecule has 1 N–H and O–H groups in total. The van der Waals surface area contributed by atoms with Crippen LogP contribution in [-0.4, -0.2) is 57.6 Å². The minimum absolute atomic E-state index is 0.0543. The lowest BCUT2D eigenvalue weighted by atomic mass is 10.1. The van der Waals surface area contributed by atoms with Gasteiger partial charge in [0, 0.05) is 24.7 Å². The van der Waals surface area contributed by atoms with Crippen molar-refractivity contribution in [1.82, 2.24) is 25.4 Å². The van der Waals surface area contributed by atoms with Gasteiger partial charge in [-0.3, -0.25) is 9.89 Å². The van der Waals surface area contributed by atoms with E-state index < -0.39 is 0 Å². The molecule has 1 aromatic carbocycles. The van der Waals surface area contributed by atoms with E-state index in [2.05, 4.69) is 25.1 Å². The number of morpholine rings is 1. The summed E-state index contributed by atoms with van der Waals surface area (Å²) in [7, 11) is 0. The largest absolute Gasteiger partial charge is 0.493 e. The summed E-state index contributed by atoms with van der Waals surface area (Å²) in [6.07, 6.45) is 0.413. The zero-order chi connectivity index (χ0) is 20.9. The highest BCUT2D eigenvalue weighted by Gasteiger charge is 2.28. The molecule has 1 amide bonds. The van der Waals surface area contributed by atoms with Crippen LogP contribution in [-0.2, 0) is 22.4 Å². The smallest absolute Gasteiger partial charge is 0.228 e. The number of aryl methyl sites for hydroxylation is 1. The van der Waals surface area contributed by atoms with Crippen molar-refractivity contribution in [3.05, 3.63) is 58.9 Å². The van der Waals surface area contributed by atoms with Crippen LogP contribution in [0.1, 0.15) is 28.9 Å². The Labute approximate surface area is 172 Å². The number of amides is 1. The molecule has 0 unspecified atom stereocenters. The van der Waals surface area contributed by atoms with E-state index in [-0.39, 0.29) is 24.2 Å². The van der Waals surface area contributed by atoms with Gasteiger partial charge in [0.05, 0.1) is 31.9 Å². The van der Waals surface area contributed by atoms with Gasteiger partial charge in [0.25, 0.3) is 0 Å². The van der Waals surface area contributed by atoms with Gasteiger partial charge in [-0.05, 0) is 25.1 Å². The van der Waals surface area contributed by atoms with E-state index in [0.29, 0.717) is 49.9 Å². The van der Waals surface area contributed by atoms with E-state index in [1.54, 1.807) is 24.0 Å². The van der Waals surface area contributed by atoms with Gasteiger partial charge < -0.3 is 14.4 Å². The predicted molar refractivity (Wildman–Crippen MR) is 102 cm³/mol. The number of benzene rings is 1. The van der Waals surface area contributed by atoms with E-state index in [1.807, 2.05) is 6.07 Å². The molecule has 1 atom stereocenters. The van der Waals surface area contributed by atoms with Crippen LogP contribution in [0.5, 0.6) is 5.75 Å². The Morgan fingerprint density at radius 2 is 2.27 bits per heavy atom. The lowest BCUT2D eigenvalue weighted by Crippen LogP contribution is -2.43. The molecule has 1 aliphatic rings. The van der Waals surface area contributed by atoms with E-state index in [9.17, 15) is 9.18 Å². The van der Waals surface area contributed by atoms with Crippen LogP contribution in [0.4, 0.5) is 4.39 Å². The molecular formula is C20H22FN5O4. The van der Waals surface area contributed by atoms with Gasteiger partial charge >= 0.3 is 0 Å². The summed E-state index contributed by atoms with van der Waals surface area (Å²) in [6, 6.07) is 7.93. The Morgan fingerprint density at radius 3 is 3.07 bits per heavy atom. The average Bonchev–Trinajstić information content (AvgIpc) is 3.38. The Bertz CT molecular complexity index is 1000. The second-order valence-electron chi connectivity index (χ2n) is 7.05. The highest BCUT2D eigenvalue weighted by molar-refractivity contribution is 5.78. The number of nitrogens with zero attached hydrogens (tertiary/aromatic N) is 4. The third kappa shape index (κ3) is 4.82. The number of aromatic nitrogens is 4. The van der Waals surface area contributed by atoms with Crippen molar-refractivity contribution in [1.29, 1.82) is 0 Å². The number of rotatable bonds is 7. The summed E-state index contributed by atoms with van der Waals surface area (Å²) in [6.45, 7) is 3.49. The summed E-state index contributed by atoms with van der Waals surface area (Å²) >= 11 is 0. The number of ether oxygens (including phenoxy) is 2. The van der Waals surface area contributed by atoms with Crippen LogP contribution in [0.2, 0.25) is 0 Å². The van der Waals surface area contributed by atoms with Gasteiger partial charge in [-0.15, -0.1) is 0 Å². The highest BCUT2D eigenvalue weighted by atomic mass is 19.1. The minimum Gasteiger partial charge on any atom is -0.493 e. The standard InChI is InChI=1S/C20H22FN5O4/c1-13-17(25-30-24-13)11-20(27)26-6-8-29-19(12-26)18-10-15(22-23-18)5-7-28-16-4-2-3-14(21)9-16/h2-4,9-10,19H,5-8,11-12H2,1H3,(H,22,23)/t19-/m1/s1. The van der Waals surface area contributed by atoms with Crippen LogP contribution in [0.25, 0.3) is 0 Å².